The quantitative estimate of drug-likeness (QED) is 0.546. The number of rotatable bonds is 0. The fraction of sp³-hybridized carbons (Fsp3) is 0. The number of nitrogens with two attached hydrogens (primary N) is 1. The van der Waals surface area contributed by atoms with E-state index in [1.54, 1.807) is 12.5 Å². The van der Waals surface area contributed by atoms with Gasteiger partial charge in [-0.05, 0) is 0 Å². The summed E-state index contributed by atoms with van der Waals surface area (Å²) >= 11 is 4.06. The van der Waals surface area contributed by atoms with Crippen LogP contribution in [0.3, 0.4) is 0 Å². The summed E-state index contributed by atoms with van der Waals surface area (Å²) in [6, 6.07) is 0. The largest absolute Gasteiger partial charge is 0.368 e. The molecule has 0 aliphatic heterocycles. The van der Waals surface area contributed by atoms with Crippen LogP contribution in [0.4, 0.5) is 5.95 Å². The summed E-state index contributed by atoms with van der Waals surface area (Å²) in [4.78, 5) is 11.7. The molecule has 11 heavy (non-hydrogen) atoms. The van der Waals surface area contributed by atoms with Crippen LogP contribution in [0.25, 0.3) is 11.2 Å². The maximum atomic E-state index is 5.35. The molecular formula is C5H5N5S. The van der Waals surface area contributed by atoms with Crippen molar-refractivity contribution in [2.24, 2.45) is 0 Å². The molecule has 2 aromatic heterocycles. The summed E-state index contributed by atoms with van der Waals surface area (Å²) in [7, 11) is 0. The first kappa shape index (κ1) is 6.41. The maximum Gasteiger partial charge on any atom is 0.222 e. The molecule has 0 fully saturated rings. The van der Waals surface area contributed by atoms with E-state index in [2.05, 4.69) is 27.8 Å². The molecule has 2 aromatic rings. The molecule has 56 valence electrons. The minimum atomic E-state index is 0.230. The molecule has 0 atom stereocenters. The predicted molar refractivity (Wildman–Crippen MR) is 44.1 cm³/mol. The fourth-order valence-electron chi connectivity index (χ4n) is 0.811. The normalized spacial score (nSPS) is 10.6. The summed E-state index contributed by atoms with van der Waals surface area (Å²) in [5.74, 6) is 0.230. The van der Waals surface area contributed by atoms with Crippen LogP contribution >= 0.6 is 12.8 Å². The van der Waals surface area contributed by atoms with Gasteiger partial charge in [0.1, 0.15) is 11.8 Å². The average molecular weight is 167 g/mol. The van der Waals surface area contributed by atoms with Crippen LogP contribution in [0.15, 0.2) is 12.5 Å². The van der Waals surface area contributed by atoms with Crippen LogP contribution in [0.1, 0.15) is 0 Å². The Hall–Kier alpha value is -1.30. The monoisotopic (exact) mass is 167 g/mol. The van der Waals surface area contributed by atoms with Crippen molar-refractivity contribution in [3.63, 3.8) is 0 Å². The number of anilines is 1. The molecule has 0 saturated carbocycles. The van der Waals surface area contributed by atoms with Gasteiger partial charge in [0, 0.05) is 0 Å². The van der Waals surface area contributed by atoms with E-state index in [0.29, 0.717) is 11.2 Å². The summed E-state index contributed by atoms with van der Waals surface area (Å²) in [6.07, 6.45) is 3.10. The third-order valence-corrected chi connectivity index (χ3v) is 1.58. The number of nitrogen functional groups attached to an aromatic ring is 1. The lowest BCUT2D eigenvalue weighted by Crippen LogP contribution is -1.94. The molecule has 0 unspecified atom stereocenters. The number of thiol groups is 1. The Morgan fingerprint density at radius 3 is 3.09 bits per heavy atom. The predicted octanol–water partition coefficient (Wildman–Crippen LogP) is 0.101. The zero-order valence-corrected chi connectivity index (χ0v) is 6.36. The van der Waals surface area contributed by atoms with Crippen molar-refractivity contribution in [1.82, 2.24) is 18.9 Å². The first-order chi connectivity index (χ1) is 5.27. The lowest BCUT2D eigenvalue weighted by atomic mass is 10.6. The highest BCUT2D eigenvalue weighted by Gasteiger charge is 2.01. The van der Waals surface area contributed by atoms with E-state index in [1.807, 2.05) is 0 Å². The van der Waals surface area contributed by atoms with Gasteiger partial charge in [0.2, 0.25) is 5.95 Å². The molecule has 0 aliphatic rings. The molecular weight excluding hydrogens is 162 g/mol. The van der Waals surface area contributed by atoms with Gasteiger partial charge in [-0.3, -0.25) is 3.97 Å². The van der Waals surface area contributed by atoms with Crippen molar-refractivity contribution >= 4 is 29.9 Å². The second-order valence-corrected chi connectivity index (χ2v) is 2.46. The molecule has 0 spiro atoms. The SMILES string of the molecule is Nc1ncc2ncn(S)c2n1. The smallest absolute Gasteiger partial charge is 0.222 e. The lowest BCUT2D eigenvalue weighted by Gasteiger charge is -1.91. The van der Waals surface area contributed by atoms with Gasteiger partial charge in [0.05, 0.1) is 6.20 Å². The highest BCUT2D eigenvalue weighted by Crippen LogP contribution is 2.09. The van der Waals surface area contributed by atoms with E-state index in [0.717, 1.165) is 0 Å². The number of hydrogen-bond donors (Lipinski definition) is 2. The zero-order chi connectivity index (χ0) is 7.84. The van der Waals surface area contributed by atoms with Crippen molar-refractivity contribution in [2.75, 3.05) is 5.73 Å². The highest BCUT2D eigenvalue weighted by atomic mass is 32.1. The van der Waals surface area contributed by atoms with E-state index in [-0.39, 0.29) is 5.95 Å². The number of nitrogens with zero attached hydrogens (tertiary/aromatic N) is 4. The van der Waals surface area contributed by atoms with E-state index in [4.69, 9.17) is 5.73 Å². The van der Waals surface area contributed by atoms with E-state index >= 15 is 0 Å². The molecule has 2 N–H and O–H groups in total. The van der Waals surface area contributed by atoms with Crippen LogP contribution in [-0.4, -0.2) is 18.9 Å². The van der Waals surface area contributed by atoms with Gasteiger partial charge in [-0.25, -0.2) is 9.97 Å². The number of imidazole rings is 1. The van der Waals surface area contributed by atoms with Gasteiger partial charge >= 0.3 is 0 Å². The third-order valence-electron chi connectivity index (χ3n) is 1.29. The Morgan fingerprint density at radius 1 is 1.45 bits per heavy atom. The molecule has 2 rings (SSSR count). The number of hydrogen-bond acceptors (Lipinski definition) is 5. The molecule has 0 aliphatic carbocycles. The van der Waals surface area contributed by atoms with Crippen molar-refractivity contribution in [2.45, 2.75) is 0 Å². The third kappa shape index (κ3) is 0.911. The van der Waals surface area contributed by atoms with Crippen molar-refractivity contribution in [1.29, 1.82) is 0 Å². The summed E-state index contributed by atoms with van der Waals surface area (Å²) in [5, 5.41) is 0. The van der Waals surface area contributed by atoms with Crippen LogP contribution in [0.5, 0.6) is 0 Å². The first-order valence-electron chi connectivity index (χ1n) is 2.92. The minimum absolute atomic E-state index is 0.230. The minimum Gasteiger partial charge on any atom is -0.368 e. The van der Waals surface area contributed by atoms with Gasteiger partial charge in [-0.15, -0.1) is 0 Å². The standard InChI is InChI=1S/C5H5N5S/c6-5-7-1-3-4(9-5)10(11)2-8-3/h1-2,11H,(H2,6,7,9). The zero-order valence-electron chi connectivity index (χ0n) is 5.47. The molecule has 2 heterocycles. The number of aromatic nitrogens is 4. The van der Waals surface area contributed by atoms with Crippen molar-refractivity contribution < 1.29 is 0 Å². The highest BCUT2D eigenvalue weighted by molar-refractivity contribution is 7.78. The van der Waals surface area contributed by atoms with Gasteiger partial charge < -0.3 is 5.73 Å². The molecule has 0 aromatic carbocycles. The molecule has 0 saturated heterocycles. The summed E-state index contributed by atoms with van der Waals surface area (Å²) in [6.45, 7) is 0. The summed E-state index contributed by atoms with van der Waals surface area (Å²) < 4.78 is 1.49. The Balaban J connectivity index is 2.87. The number of fused-ring (bicyclic) bond motifs is 1. The molecule has 0 amide bonds. The fourth-order valence-corrected chi connectivity index (χ4v) is 1.01. The Morgan fingerprint density at radius 2 is 2.27 bits per heavy atom. The molecule has 6 heteroatoms. The molecule has 0 radical (unpaired) electrons. The average Bonchev–Trinajstić information content (AvgIpc) is 2.33. The summed E-state index contributed by atoms with van der Waals surface area (Å²) in [5.41, 5.74) is 6.67. The van der Waals surface area contributed by atoms with Gasteiger partial charge in [0.25, 0.3) is 0 Å². The first-order valence-corrected chi connectivity index (χ1v) is 3.32. The van der Waals surface area contributed by atoms with E-state index in [9.17, 15) is 0 Å². The van der Waals surface area contributed by atoms with Crippen molar-refractivity contribution in [3.8, 4) is 0 Å². The maximum absolute atomic E-state index is 5.35. The van der Waals surface area contributed by atoms with E-state index in [1.165, 1.54) is 3.97 Å². The van der Waals surface area contributed by atoms with Gasteiger partial charge in [-0.2, -0.15) is 4.98 Å². The van der Waals surface area contributed by atoms with Crippen molar-refractivity contribution in [3.05, 3.63) is 12.5 Å². The molecule has 5 nitrogen and oxygen atoms in total. The topological polar surface area (TPSA) is 69.6 Å². The Kier molecular flexibility index (Phi) is 1.22. The van der Waals surface area contributed by atoms with Gasteiger partial charge in [-0.1, -0.05) is 12.8 Å². The van der Waals surface area contributed by atoms with Gasteiger partial charge in [0.15, 0.2) is 5.65 Å². The second kappa shape index (κ2) is 2.09. The second-order valence-electron chi connectivity index (χ2n) is 2.03. The molecule has 0 bridgehead atoms. The van der Waals surface area contributed by atoms with E-state index < -0.39 is 0 Å². The van der Waals surface area contributed by atoms with Crippen LogP contribution in [-0.2, 0) is 0 Å². The van der Waals surface area contributed by atoms with Crippen LogP contribution in [0.2, 0.25) is 0 Å². The van der Waals surface area contributed by atoms with Crippen LogP contribution in [0, 0.1) is 0 Å². The van der Waals surface area contributed by atoms with Crippen LogP contribution < -0.4 is 5.73 Å². The lowest BCUT2D eigenvalue weighted by molar-refractivity contribution is 1.20. The Bertz CT molecular complexity index is 395. The Labute approximate surface area is 67.8 Å².